The van der Waals surface area contributed by atoms with Gasteiger partial charge in [0.2, 0.25) is 0 Å². The molecule has 0 fully saturated rings. The Morgan fingerprint density at radius 1 is 1.12 bits per heavy atom. The first-order chi connectivity index (χ1) is 12.5. The summed E-state index contributed by atoms with van der Waals surface area (Å²) in [5.74, 6) is 1.64. The van der Waals surface area contributed by atoms with Crippen LogP contribution in [0.5, 0.6) is 11.5 Å². The van der Waals surface area contributed by atoms with E-state index in [1.165, 1.54) is 5.56 Å². The number of guanidine groups is 1. The largest absolute Gasteiger partial charge is 0.508 e. The van der Waals surface area contributed by atoms with E-state index in [2.05, 4.69) is 53.7 Å². The summed E-state index contributed by atoms with van der Waals surface area (Å²) in [6.45, 7) is 8.31. The molecule has 26 heavy (non-hydrogen) atoms. The summed E-state index contributed by atoms with van der Waals surface area (Å²) in [5.41, 5.74) is 1.97. The number of methoxy groups -OCH3 is 1. The lowest BCUT2D eigenvalue weighted by Gasteiger charge is -2.26. The molecule has 2 aromatic rings. The zero-order chi connectivity index (χ0) is 19.0. The molecule has 0 aromatic heterocycles. The average Bonchev–Trinajstić information content (AvgIpc) is 2.66. The van der Waals surface area contributed by atoms with Gasteiger partial charge in [0.05, 0.1) is 13.7 Å². The molecule has 0 unspecified atom stereocenters. The summed E-state index contributed by atoms with van der Waals surface area (Å²) >= 11 is 0. The fourth-order valence-electron chi connectivity index (χ4n) is 2.62. The SMILES string of the molecule is CCNC(=NCc1cc(OC)ccc1O)NCC(C)(C)c1ccccc1. The summed E-state index contributed by atoms with van der Waals surface area (Å²) < 4.78 is 5.21. The molecular weight excluding hydrogens is 326 g/mol. The molecule has 0 saturated heterocycles. The molecule has 2 rings (SSSR count). The number of rotatable bonds is 7. The van der Waals surface area contributed by atoms with E-state index in [-0.39, 0.29) is 11.2 Å². The molecule has 0 atom stereocenters. The van der Waals surface area contributed by atoms with Gasteiger partial charge in [0.15, 0.2) is 5.96 Å². The van der Waals surface area contributed by atoms with Crippen molar-refractivity contribution in [2.24, 2.45) is 4.99 Å². The summed E-state index contributed by atoms with van der Waals surface area (Å²) in [4.78, 5) is 4.60. The van der Waals surface area contributed by atoms with Crippen LogP contribution >= 0.6 is 0 Å². The first-order valence-corrected chi connectivity index (χ1v) is 8.90. The van der Waals surface area contributed by atoms with Gasteiger partial charge in [-0.1, -0.05) is 44.2 Å². The minimum Gasteiger partial charge on any atom is -0.508 e. The fraction of sp³-hybridized carbons (Fsp3) is 0.381. The van der Waals surface area contributed by atoms with Crippen molar-refractivity contribution >= 4 is 5.96 Å². The maximum absolute atomic E-state index is 10.0. The van der Waals surface area contributed by atoms with Crippen molar-refractivity contribution in [2.75, 3.05) is 20.2 Å². The summed E-state index contributed by atoms with van der Waals surface area (Å²) in [5, 5.41) is 16.7. The Labute approximate surface area is 156 Å². The molecule has 0 aliphatic heterocycles. The highest BCUT2D eigenvalue weighted by Gasteiger charge is 2.20. The number of benzene rings is 2. The Bertz CT molecular complexity index is 727. The molecule has 0 heterocycles. The van der Waals surface area contributed by atoms with Gasteiger partial charge in [-0.05, 0) is 30.7 Å². The number of aliphatic imine (C=N–C) groups is 1. The first kappa shape index (κ1) is 19.6. The Kier molecular flexibility index (Phi) is 6.89. The van der Waals surface area contributed by atoms with Crippen molar-refractivity contribution in [1.82, 2.24) is 10.6 Å². The molecule has 0 saturated carbocycles. The lowest BCUT2D eigenvalue weighted by atomic mass is 9.85. The third-order valence-electron chi connectivity index (χ3n) is 4.29. The molecule has 0 radical (unpaired) electrons. The average molecular weight is 355 g/mol. The Balaban J connectivity index is 2.07. The van der Waals surface area contributed by atoms with Crippen molar-refractivity contribution < 1.29 is 9.84 Å². The van der Waals surface area contributed by atoms with Crippen LogP contribution in [-0.2, 0) is 12.0 Å². The van der Waals surface area contributed by atoms with E-state index in [0.29, 0.717) is 12.3 Å². The lowest BCUT2D eigenvalue weighted by molar-refractivity contribution is 0.411. The zero-order valence-corrected chi connectivity index (χ0v) is 16.0. The van der Waals surface area contributed by atoms with Gasteiger partial charge in [-0.25, -0.2) is 4.99 Å². The monoisotopic (exact) mass is 355 g/mol. The molecule has 0 spiro atoms. The van der Waals surface area contributed by atoms with Gasteiger partial charge in [0.25, 0.3) is 0 Å². The zero-order valence-electron chi connectivity index (χ0n) is 16.0. The van der Waals surface area contributed by atoms with Crippen molar-refractivity contribution in [3.63, 3.8) is 0 Å². The van der Waals surface area contributed by atoms with Crippen LogP contribution in [0.25, 0.3) is 0 Å². The van der Waals surface area contributed by atoms with E-state index in [4.69, 9.17) is 4.74 Å². The van der Waals surface area contributed by atoms with Crippen LogP contribution in [0.2, 0.25) is 0 Å². The van der Waals surface area contributed by atoms with Crippen molar-refractivity contribution in [1.29, 1.82) is 0 Å². The summed E-state index contributed by atoms with van der Waals surface area (Å²) in [6.07, 6.45) is 0. The molecular formula is C21H29N3O2. The molecule has 0 amide bonds. The van der Waals surface area contributed by atoms with Gasteiger partial charge in [-0.2, -0.15) is 0 Å². The molecule has 0 bridgehead atoms. The number of ether oxygens (including phenoxy) is 1. The summed E-state index contributed by atoms with van der Waals surface area (Å²) in [6, 6.07) is 15.6. The predicted octanol–water partition coefficient (Wildman–Crippen LogP) is 3.43. The third kappa shape index (κ3) is 5.41. The van der Waals surface area contributed by atoms with E-state index in [9.17, 15) is 5.11 Å². The summed E-state index contributed by atoms with van der Waals surface area (Å²) in [7, 11) is 1.61. The number of aromatic hydroxyl groups is 1. The molecule has 3 N–H and O–H groups in total. The Morgan fingerprint density at radius 2 is 1.85 bits per heavy atom. The Hall–Kier alpha value is -2.69. The van der Waals surface area contributed by atoms with Crippen molar-refractivity contribution in [3.05, 3.63) is 59.7 Å². The van der Waals surface area contributed by atoms with Gasteiger partial charge < -0.3 is 20.5 Å². The van der Waals surface area contributed by atoms with E-state index in [1.54, 1.807) is 25.3 Å². The maximum Gasteiger partial charge on any atom is 0.191 e. The van der Waals surface area contributed by atoms with Crippen LogP contribution in [0.4, 0.5) is 0 Å². The molecule has 2 aromatic carbocycles. The highest BCUT2D eigenvalue weighted by molar-refractivity contribution is 5.79. The van der Waals surface area contributed by atoms with Gasteiger partial charge in [-0.3, -0.25) is 0 Å². The second-order valence-corrected chi connectivity index (χ2v) is 6.79. The van der Waals surface area contributed by atoms with Crippen LogP contribution in [0, 0.1) is 0 Å². The van der Waals surface area contributed by atoms with E-state index < -0.39 is 0 Å². The number of hydrogen-bond donors (Lipinski definition) is 3. The number of nitrogens with zero attached hydrogens (tertiary/aromatic N) is 1. The first-order valence-electron chi connectivity index (χ1n) is 8.90. The minimum atomic E-state index is -0.0322. The van der Waals surface area contributed by atoms with Gasteiger partial charge >= 0.3 is 0 Å². The van der Waals surface area contributed by atoms with Crippen LogP contribution in [-0.4, -0.2) is 31.3 Å². The molecule has 5 heteroatoms. The van der Waals surface area contributed by atoms with Gasteiger partial charge in [0.1, 0.15) is 11.5 Å². The number of nitrogens with one attached hydrogen (secondary N) is 2. The second kappa shape index (κ2) is 9.13. The smallest absolute Gasteiger partial charge is 0.191 e. The third-order valence-corrected chi connectivity index (χ3v) is 4.29. The van der Waals surface area contributed by atoms with E-state index in [1.807, 2.05) is 13.0 Å². The highest BCUT2D eigenvalue weighted by Crippen LogP contribution is 2.24. The van der Waals surface area contributed by atoms with Crippen LogP contribution in [0.3, 0.4) is 0 Å². The topological polar surface area (TPSA) is 65.9 Å². The lowest BCUT2D eigenvalue weighted by Crippen LogP contribution is -2.43. The quantitative estimate of drug-likeness (QED) is 0.526. The maximum atomic E-state index is 10.0. The second-order valence-electron chi connectivity index (χ2n) is 6.79. The fourth-order valence-corrected chi connectivity index (χ4v) is 2.62. The van der Waals surface area contributed by atoms with Gasteiger partial charge in [0, 0.05) is 24.1 Å². The molecule has 5 nitrogen and oxygen atoms in total. The van der Waals surface area contributed by atoms with E-state index in [0.717, 1.165) is 24.6 Å². The Morgan fingerprint density at radius 3 is 2.50 bits per heavy atom. The highest BCUT2D eigenvalue weighted by atomic mass is 16.5. The minimum absolute atomic E-state index is 0.0322. The van der Waals surface area contributed by atoms with Gasteiger partial charge in [-0.15, -0.1) is 0 Å². The normalized spacial score (nSPS) is 11.9. The number of phenols is 1. The van der Waals surface area contributed by atoms with Crippen LogP contribution < -0.4 is 15.4 Å². The van der Waals surface area contributed by atoms with Crippen molar-refractivity contribution in [2.45, 2.75) is 32.7 Å². The number of hydrogen-bond acceptors (Lipinski definition) is 3. The molecule has 0 aliphatic rings. The number of phenolic OH excluding ortho intramolecular Hbond substituents is 1. The van der Waals surface area contributed by atoms with Crippen LogP contribution in [0.15, 0.2) is 53.5 Å². The molecule has 140 valence electrons. The molecule has 0 aliphatic carbocycles. The van der Waals surface area contributed by atoms with E-state index >= 15 is 0 Å². The predicted molar refractivity (Wildman–Crippen MR) is 107 cm³/mol. The standard InChI is InChI=1S/C21H29N3O2/c1-5-22-20(23-14-16-13-18(26-4)11-12-19(16)25)24-15-21(2,3)17-9-7-6-8-10-17/h6-13,25H,5,14-15H2,1-4H3,(H2,22,23,24). The van der Waals surface area contributed by atoms with Crippen molar-refractivity contribution in [3.8, 4) is 11.5 Å². The van der Waals surface area contributed by atoms with Crippen LogP contribution in [0.1, 0.15) is 31.9 Å².